The molecule has 0 saturated carbocycles. The molecule has 0 spiro atoms. The van der Waals surface area contributed by atoms with Gasteiger partial charge < -0.3 is 5.11 Å². The van der Waals surface area contributed by atoms with E-state index < -0.39 is 0 Å². The van der Waals surface area contributed by atoms with Gasteiger partial charge in [0.05, 0.1) is 0 Å². The van der Waals surface area contributed by atoms with Gasteiger partial charge in [0.2, 0.25) is 0 Å². The Morgan fingerprint density at radius 1 is 0.938 bits per heavy atom. The second-order valence-corrected chi connectivity index (χ2v) is 4.00. The lowest BCUT2D eigenvalue weighted by atomic mass is 10.2. The minimum atomic E-state index is -0.343. The summed E-state index contributed by atoms with van der Waals surface area (Å²) in [5.74, 6) is 0. The van der Waals surface area contributed by atoms with E-state index in [-0.39, 0.29) is 6.23 Å². The number of aliphatic hydroxyl groups excluding tert-OH is 1. The number of nitrogens with zero attached hydrogens (tertiary/aromatic N) is 1. The zero-order valence-corrected chi connectivity index (χ0v) is 11.0. The van der Waals surface area contributed by atoms with E-state index in [0.29, 0.717) is 0 Å². The molecule has 0 aromatic heterocycles. The van der Waals surface area contributed by atoms with Crippen molar-refractivity contribution in [1.29, 1.82) is 0 Å². The maximum Gasteiger partial charge on any atom is 0.104 e. The number of aliphatic hydroxyl groups is 1. The molecule has 2 nitrogen and oxygen atoms in total. The van der Waals surface area contributed by atoms with E-state index in [9.17, 15) is 5.11 Å². The van der Waals surface area contributed by atoms with Crippen LogP contribution in [0.4, 0.5) is 0 Å². The summed E-state index contributed by atoms with van der Waals surface area (Å²) in [6.45, 7) is 7.99. The summed E-state index contributed by atoms with van der Waals surface area (Å²) in [7, 11) is 0. The lowest BCUT2D eigenvalue weighted by Gasteiger charge is -2.24. The second kappa shape index (κ2) is 10.9. The predicted octanol–water partition coefficient (Wildman–Crippen LogP) is 3.34. The molecule has 0 amide bonds. The molecule has 0 fully saturated rings. The Morgan fingerprint density at radius 2 is 1.38 bits per heavy atom. The summed E-state index contributed by atoms with van der Waals surface area (Å²) < 4.78 is 0. The molecule has 0 heterocycles. The van der Waals surface area contributed by atoms with E-state index in [1.165, 1.54) is 0 Å². The molecule has 94 valence electrons. The van der Waals surface area contributed by atoms with E-state index in [4.69, 9.17) is 0 Å². The van der Waals surface area contributed by atoms with Crippen LogP contribution in [0.2, 0.25) is 0 Å². The zero-order chi connectivity index (χ0) is 12.2. The third kappa shape index (κ3) is 8.69. The van der Waals surface area contributed by atoms with Crippen LogP contribution < -0.4 is 0 Å². The van der Waals surface area contributed by atoms with Crippen LogP contribution in [0.1, 0.15) is 46.5 Å². The van der Waals surface area contributed by atoms with Crippen molar-refractivity contribution in [2.45, 2.75) is 52.7 Å². The van der Waals surface area contributed by atoms with Crippen molar-refractivity contribution in [3.63, 3.8) is 0 Å². The molecule has 1 atom stereocenters. The number of hydrogen-bond donors (Lipinski definition) is 1. The molecule has 0 aliphatic carbocycles. The highest BCUT2D eigenvalue weighted by Crippen LogP contribution is 2.01. The molecule has 1 N–H and O–H groups in total. The van der Waals surface area contributed by atoms with E-state index in [0.717, 1.165) is 38.8 Å². The zero-order valence-electron chi connectivity index (χ0n) is 11.0. The van der Waals surface area contributed by atoms with Gasteiger partial charge in [0.25, 0.3) is 0 Å². The molecule has 0 radical (unpaired) electrons. The predicted molar refractivity (Wildman–Crippen MR) is 71.3 cm³/mol. The van der Waals surface area contributed by atoms with E-state index in [1.807, 2.05) is 6.92 Å². The quantitative estimate of drug-likeness (QED) is 0.480. The Morgan fingerprint density at radius 3 is 1.69 bits per heavy atom. The molecular formula is C14H27NO. The van der Waals surface area contributed by atoms with Gasteiger partial charge in [-0.15, -0.1) is 0 Å². The van der Waals surface area contributed by atoms with Gasteiger partial charge in [-0.05, 0) is 32.6 Å². The van der Waals surface area contributed by atoms with Gasteiger partial charge >= 0.3 is 0 Å². The third-order valence-electron chi connectivity index (χ3n) is 2.50. The van der Waals surface area contributed by atoms with Gasteiger partial charge in [-0.2, -0.15) is 0 Å². The van der Waals surface area contributed by atoms with Gasteiger partial charge in [-0.1, -0.05) is 38.2 Å². The van der Waals surface area contributed by atoms with Crippen LogP contribution in [-0.2, 0) is 0 Å². The molecule has 1 unspecified atom stereocenters. The Bertz CT molecular complexity index is 179. The summed E-state index contributed by atoms with van der Waals surface area (Å²) in [6.07, 6.45) is 12.6. The lowest BCUT2D eigenvalue weighted by Crippen LogP contribution is -2.34. The fraction of sp³-hybridized carbons (Fsp3) is 0.714. The van der Waals surface area contributed by atoms with Crippen LogP contribution in [0.3, 0.4) is 0 Å². The first-order valence-electron chi connectivity index (χ1n) is 6.44. The van der Waals surface area contributed by atoms with Crippen LogP contribution in [-0.4, -0.2) is 29.3 Å². The Hall–Kier alpha value is -0.600. The summed E-state index contributed by atoms with van der Waals surface area (Å²) in [5, 5.41) is 9.60. The summed E-state index contributed by atoms with van der Waals surface area (Å²) in [4.78, 5) is 2.11. The first kappa shape index (κ1) is 15.4. The number of hydrogen-bond acceptors (Lipinski definition) is 2. The molecule has 2 heteroatoms. The second-order valence-electron chi connectivity index (χ2n) is 4.00. The van der Waals surface area contributed by atoms with Crippen LogP contribution in [0, 0.1) is 0 Å². The topological polar surface area (TPSA) is 23.5 Å². The van der Waals surface area contributed by atoms with E-state index >= 15 is 0 Å². The lowest BCUT2D eigenvalue weighted by molar-refractivity contribution is 0.0211. The standard InChI is InChI=1S/C14H27NO/c1-4-6-8-10-12-15(14(3)16)13-11-9-7-5-2/h6-9,14,16H,4-5,10-13H2,1-3H3. The summed E-state index contributed by atoms with van der Waals surface area (Å²) in [5.41, 5.74) is 0. The third-order valence-corrected chi connectivity index (χ3v) is 2.50. The van der Waals surface area contributed by atoms with Crippen molar-refractivity contribution in [2.24, 2.45) is 0 Å². The molecule has 0 aliphatic rings. The Labute approximate surface area is 101 Å². The molecule has 0 aromatic rings. The van der Waals surface area contributed by atoms with Crippen molar-refractivity contribution < 1.29 is 5.11 Å². The van der Waals surface area contributed by atoms with Crippen molar-refractivity contribution in [3.8, 4) is 0 Å². The van der Waals surface area contributed by atoms with Crippen LogP contribution in [0.25, 0.3) is 0 Å². The van der Waals surface area contributed by atoms with Crippen molar-refractivity contribution >= 4 is 0 Å². The molecule has 0 aromatic carbocycles. The molecule has 0 rings (SSSR count). The highest BCUT2D eigenvalue weighted by molar-refractivity contribution is 4.83. The van der Waals surface area contributed by atoms with Crippen LogP contribution in [0.15, 0.2) is 24.3 Å². The molecule has 0 aliphatic heterocycles. The SMILES string of the molecule is CCC=CCCN(CCC=CCC)C(C)O. The maximum atomic E-state index is 9.60. The van der Waals surface area contributed by atoms with Crippen molar-refractivity contribution in [1.82, 2.24) is 4.90 Å². The van der Waals surface area contributed by atoms with E-state index in [1.54, 1.807) is 0 Å². The monoisotopic (exact) mass is 225 g/mol. The fourth-order valence-corrected chi connectivity index (χ4v) is 1.54. The minimum Gasteiger partial charge on any atom is -0.379 e. The Balaban J connectivity index is 3.79. The molecule has 0 bridgehead atoms. The van der Waals surface area contributed by atoms with Gasteiger partial charge in [0.15, 0.2) is 0 Å². The van der Waals surface area contributed by atoms with Crippen molar-refractivity contribution in [3.05, 3.63) is 24.3 Å². The van der Waals surface area contributed by atoms with Crippen LogP contribution >= 0.6 is 0 Å². The summed E-state index contributed by atoms with van der Waals surface area (Å²) in [6, 6.07) is 0. The van der Waals surface area contributed by atoms with E-state index in [2.05, 4.69) is 43.1 Å². The largest absolute Gasteiger partial charge is 0.379 e. The van der Waals surface area contributed by atoms with Gasteiger partial charge in [-0.25, -0.2) is 0 Å². The van der Waals surface area contributed by atoms with Gasteiger partial charge in [0, 0.05) is 13.1 Å². The van der Waals surface area contributed by atoms with Gasteiger partial charge in [0.1, 0.15) is 6.23 Å². The number of rotatable bonds is 9. The Kier molecular flexibility index (Phi) is 10.5. The molecule has 0 saturated heterocycles. The minimum absolute atomic E-state index is 0.343. The fourth-order valence-electron chi connectivity index (χ4n) is 1.54. The highest BCUT2D eigenvalue weighted by Gasteiger charge is 2.07. The smallest absolute Gasteiger partial charge is 0.104 e. The van der Waals surface area contributed by atoms with Gasteiger partial charge in [-0.3, -0.25) is 4.90 Å². The normalized spacial score (nSPS) is 14.3. The summed E-state index contributed by atoms with van der Waals surface area (Å²) >= 11 is 0. The van der Waals surface area contributed by atoms with Crippen molar-refractivity contribution in [2.75, 3.05) is 13.1 Å². The number of allylic oxidation sites excluding steroid dienone is 2. The maximum absolute atomic E-state index is 9.60. The first-order valence-corrected chi connectivity index (χ1v) is 6.44. The molecular weight excluding hydrogens is 198 g/mol. The average molecular weight is 225 g/mol. The first-order chi connectivity index (χ1) is 7.72. The molecule has 16 heavy (non-hydrogen) atoms. The highest BCUT2D eigenvalue weighted by atomic mass is 16.3. The van der Waals surface area contributed by atoms with Crippen LogP contribution in [0.5, 0.6) is 0 Å². The average Bonchev–Trinajstić information content (AvgIpc) is 2.26.